The van der Waals surface area contributed by atoms with E-state index in [0.29, 0.717) is 12.2 Å². The lowest BCUT2D eigenvalue weighted by atomic mass is 10.1. The summed E-state index contributed by atoms with van der Waals surface area (Å²) in [5.41, 5.74) is 0. The van der Waals surface area contributed by atoms with Crippen molar-refractivity contribution >= 4 is 0 Å². The molecule has 0 aromatic heterocycles. The van der Waals surface area contributed by atoms with Crippen LogP contribution in [0.15, 0.2) is 0 Å². The Balaban J connectivity index is 4.43. The lowest BCUT2D eigenvalue weighted by Gasteiger charge is -2.34. The molecule has 0 saturated heterocycles. The van der Waals surface area contributed by atoms with Gasteiger partial charge in [-0.15, -0.1) is 0 Å². The summed E-state index contributed by atoms with van der Waals surface area (Å²) in [6.45, 7) is 13.1. The minimum atomic E-state index is -0.457. The molecule has 0 radical (unpaired) electrons. The van der Waals surface area contributed by atoms with Crippen molar-refractivity contribution in [3.05, 3.63) is 0 Å². The van der Waals surface area contributed by atoms with Crippen LogP contribution in [-0.4, -0.2) is 18.0 Å². The van der Waals surface area contributed by atoms with Gasteiger partial charge in [0.25, 0.3) is 0 Å². The average molecular weight is 301 g/mol. The van der Waals surface area contributed by atoms with E-state index in [1.807, 2.05) is 0 Å². The van der Waals surface area contributed by atoms with Crippen LogP contribution in [-0.2, 0) is 9.47 Å². The topological polar surface area (TPSA) is 18.5 Å². The first-order valence-corrected chi connectivity index (χ1v) is 9.34. The molecule has 2 nitrogen and oxygen atoms in total. The molecule has 0 fully saturated rings. The molecule has 0 rings (SSSR count). The summed E-state index contributed by atoms with van der Waals surface area (Å²) in [6.07, 6.45) is 12.6. The predicted octanol–water partition coefficient (Wildman–Crippen LogP) is 6.47. The Kier molecular flexibility index (Phi) is 12.4. The van der Waals surface area contributed by atoms with Gasteiger partial charge in [-0.1, -0.05) is 66.2 Å². The zero-order chi connectivity index (χ0) is 16.1. The van der Waals surface area contributed by atoms with E-state index in [4.69, 9.17) is 9.47 Å². The van der Waals surface area contributed by atoms with Crippen LogP contribution < -0.4 is 0 Å². The van der Waals surface area contributed by atoms with Crippen LogP contribution >= 0.6 is 0 Å². The zero-order valence-corrected chi connectivity index (χ0v) is 15.5. The van der Waals surface area contributed by atoms with Gasteiger partial charge >= 0.3 is 0 Å². The second-order valence-corrected chi connectivity index (χ2v) is 6.74. The number of unbranched alkanes of at least 4 members (excludes halogenated alkanes) is 2. The van der Waals surface area contributed by atoms with E-state index < -0.39 is 5.79 Å². The van der Waals surface area contributed by atoms with Gasteiger partial charge in [-0.25, -0.2) is 0 Å². The first-order valence-electron chi connectivity index (χ1n) is 9.34. The van der Waals surface area contributed by atoms with Crippen LogP contribution in [0.25, 0.3) is 0 Å². The van der Waals surface area contributed by atoms with Crippen molar-refractivity contribution in [2.24, 2.45) is 0 Å². The Bertz CT molecular complexity index is 204. The Morgan fingerprint density at radius 2 is 1.00 bits per heavy atom. The molecular weight excluding hydrogens is 260 g/mol. The van der Waals surface area contributed by atoms with E-state index in [2.05, 4.69) is 41.5 Å². The van der Waals surface area contributed by atoms with Gasteiger partial charge in [0.15, 0.2) is 5.79 Å². The molecule has 0 bridgehead atoms. The smallest absolute Gasteiger partial charge is 0.163 e. The third kappa shape index (κ3) is 11.2. The van der Waals surface area contributed by atoms with Crippen molar-refractivity contribution < 1.29 is 9.47 Å². The molecule has 0 aromatic carbocycles. The summed E-state index contributed by atoms with van der Waals surface area (Å²) < 4.78 is 12.6. The highest BCUT2D eigenvalue weighted by atomic mass is 16.7. The third-order valence-corrected chi connectivity index (χ3v) is 3.88. The summed E-state index contributed by atoms with van der Waals surface area (Å²) in [7, 11) is 0. The fourth-order valence-electron chi connectivity index (χ4n) is 2.86. The van der Waals surface area contributed by atoms with Crippen molar-refractivity contribution in [1.82, 2.24) is 0 Å². The van der Waals surface area contributed by atoms with Crippen molar-refractivity contribution in [1.29, 1.82) is 0 Å². The molecule has 0 saturated carbocycles. The molecule has 128 valence electrons. The van der Waals surface area contributed by atoms with Crippen LogP contribution in [0.5, 0.6) is 0 Å². The van der Waals surface area contributed by atoms with Crippen LogP contribution in [0.4, 0.5) is 0 Å². The van der Waals surface area contributed by atoms with Crippen molar-refractivity contribution in [2.45, 2.75) is 124 Å². The molecule has 2 atom stereocenters. The lowest BCUT2D eigenvalue weighted by Crippen LogP contribution is -2.37. The fourth-order valence-corrected chi connectivity index (χ4v) is 2.86. The molecule has 0 aliphatic heterocycles. The molecule has 0 amide bonds. The fraction of sp³-hybridized carbons (Fsp3) is 1.00. The van der Waals surface area contributed by atoms with E-state index in [-0.39, 0.29) is 0 Å². The summed E-state index contributed by atoms with van der Waals surface area (Å²) in [5, 5.41) is 0. The van der Waals surface area contributed by atoms with Crippen molar-refractivity contribution in [2.75, 3.05) is 0 Å². The Morgan fingerprint density at radius 1 is 0.619 bits per heavy atom. The summed E-state index contributed by atoms with van der Waals surface area (Å²) in [5.74, 6) is -0.457. The largest absolute Gasteiger partial charge is 0.347 e. The zero-order valence-electron chi connectivity index (χ0n) is 15.5. The molecule has 0 heterocycles. The maximum absolute atomic E-state index is 6.32. The molecular formula is C19H40O2. The van der Waals surface area contributed by atoms with Gasteiger partial charge in [0.05, 0.1) is 12.2 Å². The maximum atomic E-state index is 6.32. The molecule has 2 heteroatoms. The second kappa shape index (κ2) is 12.5. The normalized spacial score (nSPS) is 15.1. The molecule has 0 aliphatic carbocycles. The van der Waals surface area contributed by atoms with E-state index >= 15 is 0 Å². The van der Waals surface area contributed by atoms with E-state index in [0.717, 1.165) is 25.7 Å². The number of hydrogen-bond donors (Lipinski definition) is 0. The summed E-state index contributed by atoms with van der Waals surface area (Å²) >= 11 is 0. The highest BCUT2D eigenvalue weighted by molar-refractivity contribution is 4.67. The van der Waals surface area contributed by atoms with E-state index in [1.165, 1.54) is 38.5 Å². The minimum absolute atomic E-state index is 0.346. The summed E-state index contributed by atoms with van der Waals surface area (Å²) in [6, 6.07) is 0. The third-order valence-electron chi connectivity index (χ3n) is 3.88. The Morgan fingerprint density at radius 3 is 1.29 bits per heavy atom. The van der Waals surface area contributed by atoms with Gasteiger partial charge in [-0.2, -0.15) is 0 Å². The van der Waals surface area contributed by atoms with Gasteiger partial charge in [-0.05, 0) is 39.5 Å². The molecule has 0 N–H and O–H groups in total. The first-order chi connectivity index (χ1) is 9.99. The van der Waals surface area contributed by atoms with Crippen LogP contribution in [0.1, 0.15) is 106 Å². The number of ether oxygens (including phenoxy) is 2. The van der Waals surface area contributed by atoms with Gasteiger partial charge in [0, 0.05) is 0 Å². The van der Waals surface area contributed by atoms with E-state index in [1.54, 1.807) is 0 Å². The predicted molar refractivity (Wildman–Crippen MR) is 92.7 cm³/mol. The number of hydrogen-bond acceptors (Lipinski definition) is 2. The lowest BCUT2D eigenvalue weighted by molar-refractivity contribution is -0.261. The number of rotatable bonds is 14. The monoisotopic (exact) mass is 300 g/mol. The quantitative estimate of drug-likeness (QED) is 0.342. The van der Waals surface area contributed by atoms with Crippen LogP contribution in [0.2, 0.25) is 0 Å². The van der Waals surface area contributed by atoms with Crippen LogP contribution in [0.3, 0.4) is 0 Å². The average Bonchev–Trinajstić information content (AvgIpc) is 2.42. The highest BCUT2D eigenvalue weighted by Gasteiger charge is 2.27. The highest BCUT2D eigenvalue weighted by Crippen LogP contribution is 2.25. The van der Waals surface area contributed by atoms with Gasteiger partial charge in [0.2, 0.25) is 0 Å². The SMILES string of the molecule is CCCCC(CCC)OC(C)(C)OC(CCC)CCCC. The minimum Gasteiger partial charge on any atom is -0.347 e. The molecule has 0 aromatic rings. The maximum Gasteiger partial charge on any atom is 0.163 e. The first kappa shape index (κ1) is 20.9. The van der Waals surface area contributed by atoms with Gasteiger partial charge < -0.3 is 9.47 Å². The van der Waals surface area contributed by atoms with E-state index in [9.17, 15) is 0 Å². The van der Waals surface area contributed by atoms with Crippen molar-refractivity contribution in [3.8, 4) is 0 Å². The van der Waals surface area contributed by atoms with Crippen molar-refractivity contribution in [3.63, 3.8) is 0 Å². The Hall–Kier alpha value is -0.0800. The Labute approximate surface area is 134 Å². The molecule has 0 spiro atoms. The molecule has 0 aliphatic rings. The second-order valence-electron chi connectivity index (χ2n) is 6.74. The standard InChI is InChI=1S/C19H40O2/c1-7-11-15-17(13-9-3)20-19(5,6)21-18(14-10-4)16-12-8-2/h17-18H,7-16H2,1-6H3. The van der Waals surface area contributed by atoms with Crippen LogP contribution in [0, 0.1) is 0 Å². The summed E-state index contributed by atoms with van der Waals surface area (Å²) in [4.78, 5) is 0. The van der Waals surface area contributed by atoms with Gasteiger partial charge in [-0.3, -0.25) is 0 Å². The van der Waals surface area contributed by atoms with Gasteiger partial charge in [0.1, 0.15) is 0 Å². The molecule has 2 unspecified atom stereocenters. The molecule has 21 heavy (non-hydrogen) atoms.